The van der Waals surface area contributed by atoms with Crippen molar-refractivity contribution in [2.45, 2.75) is 32.6 Å². The van der Waals surface area contributed by atoms with Crippen LogP contribution >= 0.6 is 0 Å². The van der Waals surface area contributed by atoms with E-state index in [-0.39, 0.29) is 17.8 Å². The third-order valence-corrected chi connectivity index (χ3v) is 5.14. The topological polar surface area (TPSA) is 68.3 Å². The van der Waals surface area contributed by atoms with E-state index in [4.69, 9.17) is 4.74 Å². The molecule has 1 aliphatic carbocycles. The van der Waals surface area contributed by atoms with Crippen LogP contribution < -0.4 is 5.32 Å². The van der Waals surface area contributed by atoms with Crippen molar-refractivity contribution in [1.82, 2.24) is 10.3 Å². The van der Waals surface area contributed by atoms with Gasteiger partial charge in [0.2, 0.25) is 0 Å². The molecule has 1 heterocycles. The predicted molar refractivity (Wildman–Crippen MR) is 104 cm³/mol. The zero-order valence-electron chi connectivity index (χ0n) is 15.7. The second-order valence-electron chi connectivity index (χ2n) is 6.91. The molecule has 5 nitrogen and oxygen atoms in total. The van der Waals surface area contributed by atoms with Crippen molar-refractivity contribution in [2.75, 3.05) is 13.2 Å². The first kappa shape index (κ1) is 19.1. The van der Waals surface area contributed by atoms with Crippen molar-refractivity contribution in [1.29, 1.82) is 0 Å². The van der Waals surface area contributed by atoms with Gasteiger partial charge in [0.1, 0.15) is 0 Å². The van der Waals surface area contributed by atoms with Gasteiger partial charge in [-0.05, 0) is 37.8 Å². The number of ether oxygens (including phenoxy) is 1. The van der Waals surface area contributed by atoms with Crippen LogP contribution in [0, 0.1) is 11.8 Å². The number of amides is 1. The van der Waals surface area contributed by atoms with E-state index >= 15 is 0 Å². The zero-order chi connectivity index (χ0) is 19.1. The zero-order valence-corrected chi connectivity index (χ0v) is 15.7. The minimum atomic E-state index is -0.270. The Bertz CT molecular complexity index is 753. The molecule has 0 aliphatic heterocycles. The Labute approximate surface area is 160 Å². The fourth-order valence-corrected chi connectivity index (χ4v) is 3.66. The van der Waals surface area contributed by atoms with Gasteiger partial charge in [0.25, 0.3) is 5.91 Å². The molecular formula is C22H26N2O3. The van der Waals surface area contributed by atoms with E-state index < -0.39 is 0 Å². The third kappa shape index (κ3) is 4.94. The van der Waals surface area contributed by atoms with Gasteiger partial charge in [0.05, 0.1) is 23.8 Å². The number of pyridine rings is 1. The van der Waals surface area contributed by atoms with Gasteiger partial charge in [0.15, 0.2) is 0 Å². The Morgan fingerprint density at radius 1 is 1.15 bits per heavy atom. The van der Waals surface area contributed by atoms with Crippen LogP contribution in [-0.4, -0.2) is 30.0 Å². The lowest BCUT2D eigenvalue weighted by Crippen LogP contribution is -2.37. The maximum Gasteiger partial charge on any atom is 0.310 e. The molecule has 27 heavy (non-hydrogen) atoms. The molecule has 1 fully saturated rings. The first-order valence-electron chi connectivity index (χ1n) is 9.65. The number of benzene rings is 1. The highest BCUT2D eigenvalue weighted by Crippen LogP contribution is 2.32. The van der Waals surface area contributed by atoms with Gasteiger partial charge in [-0.1, -0.05) is 43.2 Å². The molecule has 142 valence electrons. The SMILES string of the molecule is CCOC(=O)C(CNC(=O)c1ccc(-c2ccccc2)nc1)C1CCCC1. The summed E-state index contributed by atoms with van der Waals surface area (Å²) in [5.74, 6) is -0.396. The lowest BCUT2D eigenvalue weighted by Gasteiger charge is -2.22. The molecular weight excluding hydrogens is 340 g/mol. The largest absolute Gasteiger partial charge is 0.466 e. The standard InChI is InChI=1S/C22H26N2O3/c1-2-27-22(26)19(16-8-6-7-9-16)15-24-21(25)18-12-13-20(23-14-18)17-10-4-3-5-11-17/h3-5,10-14,16,19H,2,6-9,15H2,1H3,(H,24,25). The van der Waals surface area contributed by atoms with Crippen LogP contribution in [0.15, 0.2) is 48.7 Å². The van der Waals surface area contributed by atoms with Crippen LogP contribution in [0.2, 0.25) is 0 Å². The number of carbonyl (C=O) groups excluding carboxylic acids is 2. The van der Waals surface area contributed by atoms with Crippen molar-refractivity contribution in [3.8, 4) is 11.3 Å². The summed E-state index contributed by atoms with van der Waals surface area (Å²) in [5.41, 5.74) is 2.32. The highest BCUT2D eigenvalue weighted by atomic mass is 16.5. The Morgan fingerprint density at radius 3 is 2.52 bits per heavy atom. The summed E-state index contributed by atoms with van der Waals surface area (Å²) in [4.78, 5) is 29.2. The lowest BCUT2D eigenvalue weighted by molar-refractivity contribution is -0.149. The maximum absolute atomic E-state index is 12.5. The molecule has 0 bridgehead atoms. The lowest BCUT2D eigenvalue weighted by atomic mass is 9.90. The Morgan fingerprint density at radius 2 is 1.89 bits per heavy atom. The molecule has 0 spiro atoms. The summed E-state index contributed by atoms with van der Waals surface area (Å²) in [6.07, 6.45) is 5.89. The first-order valence-corrected chi connectivity index (χ1v) is 9.65. The molecule has 3 rings (SSSR count). The van der Waals surface area contributed by atoms with E-state index in [9.17, 15) is 9.59 Å². The van der Waals surface area contributed by atoms with Crippen LogP contribution in [0.5, 0.6) is 0 Å². The van der Waals surface area contributed by atoms with Gasteiger partial charge in [-0.15, -0.1) is 0 Å². The van der Waals surface area contributed by atoms with Crippen LogP contribution in [0.1, 0.15) is 43.0 Å². The van der Waals surface area contributed by atoms with E-state index in [2.05, 4.69) is 10.3 Å². The molecule has 1 atom stereocenters. The van der Waals surface area contributed by atoms with Crippen molar-refractivity contribution in [3.63, 3.8) is 0 Å². The normalized spacial score (nSPS) is 15.3. The summed E-state index contributed by atoms with van der Waals surface area (Å²) >= 11 is 0. The van der Waals surface area contributed by atoms with Crippen molar-refractivity contribution in [3.05, 3.63) is 54.2 Å². The van der Waals surface area contributed by atoms with Crippen molar-refractivity contribution >= 4 is 11.9 Å². The van der Waals surface area contributed by atoms with Crippen LogP contribution in [-0.2, 0) is 9.53 Å². The van der Waals surface area contributed by atoms with Gasteiger partial charge in [-0.3, -0.25) is 14.6 Å². The Balaban J connectivity index is 1.62. The number of nitrogens with zero attached hydrogens (tertiary/aromatic N) is 1. The molecule has 1 saturated carbocycles. The van der Waals surface area contributed by atoms with Crippen LogP contribution in [0.25, 0.3) is 11.3 Å². The van der Waals surface area contributed by atoms with Gasteiger partial charge in [-0.2, -0.15) is 0 Å². The van der Waals surface area contributed by atoms with E-state index in [0.29, 0.717) is 24.6 Å². The highest BCUT2D eigenvalue weighted by molar-refractivity contribution is 5.94. The second-order valence-corrected chi connectivity index (χ2v) is 6.91. The molecule has 0 saturated heterocycles. The third-order valence-electron chi connectivity index (χ3n) is 5.14. The molecule has 0 radical (unpaired) electrons. The average Bonchev–Trinajstić information content (AvgIpc) is 3.23. The molecule has 1 amide bonds. The van der Waals surface area contributed by atoms with Gasteiger partial charge < -0.3 is 10.1 Å². The van der Waals surface area contributed by atoms with Crippen molar-refractivity contribution < 1.29 is 14.3 Å². The second kappa shape index (κ2) is 9.31. The number of carbonyl (C=O) groups is 2. The minimum absolute atomic E-state index is 0.206. The van der Waals surface area contributed by atoms with Crippen LogP contribution in [0.4, 0.5) is 0 Å². The summed E-state index contributed by atoms with van der Waals surface area (Å²) in [6.45, 7) is 2.48. The van der Waals surface area contributed by atoms with E-state index in [0.717, 1.165) is 36.9 Å². The van der Waals surface area contributed by atoms with Crippen molar-refractivity contribution in [2.24, 2.45) is 11.8 Å². The molecule has 1 aliphatic rings. The summed E-state index contributed by atoms with van der Waals surface area (Å²) in [5, 5.41) is 2.89. The monoisotopic (exact) mass is 366 g/mol. The fourth-order valence-electron chi connectivity index (χ4n) is 3.66. The first-order chi connectivity index (χ1) is 13.2. The van der Waals surface area contributed by atoms with E-state index in [1.807, 2.05) is 43.3 Å². The smallest absolute Gasteiger partial charge is 0.310 e. The van der Waals surface area contributed by atoms with Crippen LogP contribution in [0.3, 0.4) is 0 Å². The van der Waals surface area contributed by atoms with E-state index in [1.165, 1.54) is 0 Å². The average molecular weight is 366 g/mol. The molecule has 1 unspecified atom stereocenters. The van der Waals surface area contributed by atoms with Gasteiger partial charge in [0, 0.05) is 18.3 Å². The number of rotatable bonds is 7. The molecule has 1 aromatic heterocycles. The highest BCUT2D eigenvalue weighted by Gasteiger charge is 2.32. The van der Waals surface area contributed by atoms with Gasteiger partial charge >= 0.3 is 5.97 Å². The molecule has 1 aromatic carbocycles. The number of aromatic nitrogens is 1. The molecule has 2 aromatic rings. The number of hydrogen-bond acceptors (Lipinski definition) is 4. The fraction of sp³-hybridized carbons (Fsp3) is 0.409. The molecule has 5 heteroatoms. The summed E-state index contributed by atoms with van der Waals surface area (Å²) < 4.78 is 5.22. The summed E-state index contributed by atoms with van der Waals surface area (Å²) in [7, 11) is 0. The maximum atomic E-state index is 12.5. The quantitative estimate of drug-likeness (QED) is 0.756. The predicted octanol–water partition coefficient (Wildman–Crippen LogP) is 3.85. The van der Waals surface area contributed by atoms with E-state index in [1.54, 1.807) is 12.3 Å². The summed E-state index contributed by atoms with van der Waals surface area (Å²) in [6, 6.07) is 13.4. The minimum Gasteiger partial charge on any atom is -0.466 e. The molecule has 1 N–H and O–H groups in total. The Hall–Kier alpha value is -2.69. The number of nitrogens with one attached hydrogen (secondary N) is 1. The van der Waals surface area contributed by atoms with Gasteiger partial charge in [-0.25, -0.2) is 0 Å². The number of esters is 1. The Kier molecular flexibility index (Phi) is 6.58. The number of hydrogen-bond donors (Lipinski definition) is 1.